The summed E-state index contributed by atoms with van der Waals surface area (Å²) in [6, 6.07) is 1.77. The molecule has 1 aromatic carbocycles. The summed E-state index contributed by atoms with van der Waals surface area (Å²) in [5.41, 5.74) is 0. The highest BCUT2D eigenvalue weighted by molar-refractivity contribution is 5.94. The molecular formula is C11H12O4. The van der Waals surface area contributed by atoms with Crippen molar-refractivity contribution in [1.82, 2.24) is 0 Å². The third-order valence-electron chi connectivity index (χ3n) is 2.30. The Labute approximate surface area is 87.3 Å². The number of hydrogen-bond acceptors (Lipinski definition) is 4. The van der Waals surface area contributed by atoms with Crippen LogP contribution in [0.2, 0.25) is 0 Å². The molecule has 0 aliphatic heterocycles. The number of ether oxygens (including phenoxy) is 3. The van der Waals surface area contributed by atoms with Crippen molar-refractivity contribution in [3.63, 3.8) is 0 Å². The molecule has 1 aromatic heterocycles. The zero-order valence-electron chi connectivity index (χ0n) is 8.87. The largest absolute Gasteiger partial charge is 0.496 e. The molecule has 0 aliphatic rings. The van der Waals surface area contributed by atoms with Gasteiger partial charge in [0, 0.05) is 6.07 Å². The van der Waals surface area contributed by atoms with Gasteiger partial charge in [-0.3, -0.25) is 0 Å². The maximum Gasteiger partial charge on any atom is 0.172 e. The van der Waals surface area contributed by atoms with E-state index in [0.29, 0.717) is 17.2 Å². The maximum atomic E-state index is 5.27. The molecule has 0 radical (unpaired) electrons. The molecular weight excluding hydrogens is 196 g/mol. The van der Waals surface area contributed by atoms with E-state index in [0.717, 1.165) is 10.8 Å². The minimum Gasteiger partial charge on any atom is -0.496 e. The van der Waals surface area contributed by atoms with E-state index >= 15 is 0 Å². The van der Waals surface area contributed by atoms with Gasteiger partial charge in [0.25, 0.3) is 0 Å². The van der Waals surface area contributed by atoms with E-state index < -0.39 is 0 Å². The Morgan fingerprint density at radius 2 is 1.53 bits per heavy atom. The molecule has 2 rings (SSSR count). The van der Waals surface area contributed by atoms with Crippen molar-refractivity contribution in [2.75, 3.05) is 21.3 Å². The summed E-state index contributed by atoms with van der Waals surface area (Å²) in [5.74, 6) is 1.99. The third-order valence-corrected chi connectivity index (χ3v) is 2.30. The first kappa shape index (κ1) is 9.71. The highest BCUT2D eigenvalue weighted by Gasteiger charge is 2.15. The van der Waals surface area contributed by atoms with Crippen molar-refractivity contribution >= 4 is 10.8 Å². The van der Waals surface area contributed by atoms with E-state index in [1.165, 1.54) is 0 Å². The van der Waals surface area contributed by atoms with Gasteiger partial charge in [0.2, 0.25) is 0 Å². The molecule has 0 fully saturated rings. The van der Waals surface area contributed by atoms with Crippen molar-refractivity contribution in [3.8, 4) is 17.2 Å². The standard InChI is InChI=1S/C11H12O4/c1-12-9-4-10(13-2)11(14-3)8-6-15-5-7(8)9/h4-6H,1-3H3. The Morgan fingerprint density at radius 1 is 0.867 bits per heavy atom. The van der Waals surface area contributed by atoms with Crippen LogP contribution in [0.1, 0.15) is 0 Å². The van der Waals surface area contributed by atoms with Crippen LogP contribution >= 0.6 is 0 Å². The molecule has 4 nitrogen and oxygen atoms in total. The van der Waals surface area contributed by atoms with Crippen molar-refractivity contribution in [3.05, 3.63) is 18.6 Å². The predicted molar refractivity (Wildman–Crippen MR) is 55.9 cm³/mol. The molecule has 15 heavy (non-hydrogen) atoms. The monoisotopic (exact) mass is 208 g/mol. The second-order valence-corrected chi connectivity index (χ2v) is 3.01. The molecule has 0 N–H and O–H groups in total. The van der Waals surface area contributed by atoms with E-state index in [1.54, 1.807) is 39.9 Å². The minimum absolute atomic E-state index is 0.628. The summed E-state index contributed by atoms with van der Waals surface area (Å²) in [7, 11) is 4.79. The number of rotatable bonds is 3. The number of benzene rings is 1. The molecule has 1 heterocycles. The normalized spacial score (nSPS) is 10.3. The van der Waals surface area contributed by atoms with Gasteiger partial charge in [-0.2, -0.15) is 0 Å². The summed E-state index contributed by atoms with van der Waals surface area (Å²) in [5, 5.41) is 1.71. The first-order valence-corrected chi connectivity index (χ1v) is 4.46. The zero-order chi connectivity index (χ0) is 10.8. The molecule has 2 aromatic rings. The van der Waals surface area contributed by atoms with Crippen LogP contribution in [0.25, 0.3) is 10.8 Å². The van der Waals surface area contributed by atoms with E-state index in [4.69, 9.17) is 18.6 Å². The van der Waals surface area contributed by atoms with Crippen LogP contribution in [-0.2, 0) is 0 Å². The second kappa shape index (κ2) is 3.73. The minimum atomic E-state index is 0.628. The van der Waals surface area contributed by atoms with Gasteiger partial charge in [-0.1, -0.05) is 0 Å². The number of methoxy groups -OCH3 is 3. The summed E-state index contributed by atoms with van der Waals surface area (Å²) in [6.07, 6.45) is 3.23. The lowest BCUT2D eigenvalue weighted by Crippen LogP contribution is -1.92. The third kappa shape index (κ3) is 1.38. The topological polar surface area (TPSA) is 40.8 Å². The summed E-state index contributed by atoms with van der Waals surface area (Å²) >= 11 is 0. The molecule has 0 atom stereocenters. The van der Waals surface area contributed by atoms with Gasteiger partial charge in [0.15, 0.2) is 11.5 Å². The van der Waals surface area contributed by atoms with E-state index in [-0.39, 0.29) is 0 Å². The molecule has 0 bridgehead atoms. The lowest BCUT2D eigenvalue weighted by atomic mass is 10.2. The van der Waals surface area contributed by atoms with Gasteiger partial charge >= 0.3 is 0 Å². The average molecular weight is 208 g/mol. The van der Waals surface area contributed by atoms with Crippen molar-refractivity contribution in [2.24, 2.45) is 0 Å². The zero-order valence-corrected chi connectivity index (χ0v) is 8.87. The van der Waals surface area contributed by atoms with Crippen LogP contribution in [0.4, 0.5) is 0 Å². The molecule has 0 saturated carbocycles. The maximum absolute atomic E-state index is 5.27. The molecule has 0 aliphatic carbocycles. The Bertz CT molecular complexity index is 473. The highest BCUT2D eigenvalue weighted by Crippen LogP contribution is 2.41. The first-order chi connectivity index (χ1) is 7.31. The van der Waals surface area contributed by atoms with Crippen LogP contribution in [0.5, 0.6) is 17.2 Å². The highest BCUT2D eigenvalue weighted by atomic mass is 16.5. The fourth-order valence-electron chi connectivity index (χ4n) is 1.59. The molecule has 0 saturated heterocycles. The molecule has 4 heteroatoms. The number of fused-ring (bicyclic) bond motifs is 1. The SMILES string of the molecule is COc1cc(OC)c2cocc2c1OC. The smallest absolute Gasteiger partial charge is 0.172 e. The van der Waals surface area contributed by atoms with Crippen LogP contribution in [0.15, 0.2) is 23.0 Å². The summed E-state index contributed by atoms with van der Waals surface area (Å²) < 4.78 is 20.8. The van der Waals surface area contributed by atoms with Gasteiger partial charge < -0.3 is 18.6 Å². The predicted octanol–water partition coefficient (Wildman–Crippen LogP) is 2.46. The second-order valence-electron chi connectivity index (χ2n) is 3.01. The lowest BCUT2D eigenvalue weighted by Gasteiger charge is -2.10. The van der Waals surface area contributed by atoms with Gasteiger partial charge in [0.05, 0.1) is 32.1 Å². The number of furan rings is 1. The van der Waals surface area contributed by atoms with Gasteiger partial charge in [-0.25, -0.2) is 0 Å². The van der Waals surface area contributed by atoms with Crippen molar-refractivity contribution < 1.29 is 18.6 Å². The van der Waals surface area contributed by atoms with Crippen molar-refractivity contribution in [1.29, 1.82) is 0 Å². The summed E-state index contributed by atoms with van der Waals surface area (Å²) in [4.78, 5) is 0. The Hall–Kier alpha value is -1.84. The Balaban J connectivity index is 2.78. The Morgan fingerprint density at radius 3 is 2.13 bits per heavy atom. The van der Waals surface area contributed by atoms with Crippen LogP contribution < -0.4 is 14.2 Å². The van der Waals surface area contributed by atoms with Crippen LogP contribution in [0.3, 0.4) is 0 Å². The molecule has 0 amide bonds. The van der Waals surface area contributed by atoms with E-state index in [2.05, 4.69) is 0 Å². The van der Waals surface area contributed by atoms with Crippen LogP contribution in [0, 0.1) is 0 Å². The van der Waals surface area contributed by atoms with Crippen LogP contribution in [-0.4, -0.2) is 21.3 Å². The Kier molecular flexibility index (Phi) is 2.41. The average Bonchev–Trinajstić information content (AvgIpc) is 2.75. The molecule has 0 unspecified atom stereocenters. The van der Waals surface area contributed by atoms with Gasteiger partial charge in [-0.15, -0.1) is 0 Å². The quantitative estimate of drug-likeness (QED) is 0.776. The lowest BCUT2D eigenvalue weighted by molar-refractivity contribution is 0.353. The first-order valence-electron chi connectivity index (χ1n) is 4.46. The van der Waals surface area contributed by atoms with Crippen molar-refractivity contribution in [2.45, 2.75) is 0 Å². The van der Waals surface area contributed by atoms with Gasteiger partial charge in [0.1, 0.15) is 18.3 Å². The summed E-state index contributed by atoms with van der Waals surface area (Å²) in [6.45, 7) is 0. The number of hydrogen-bond donors (Lipinski definition) is 0. The van der Waals surface area contributed by atoms with Gasteiger partial charge in [-0.05, 0) is 0 Å². The molecule has 0 spiro atoms. The van der Waals surface area contributed by atoms with E-state index in [1.807, 2.05) is 0 Å². The fourth-order valence-corrected chi connectivity index (χ4v) is 1.59. The fraction of sp³-hybridized carbons (Fsp3) is 0.273. The van der Waals surface area contributed by atoms with E-state index in [9.17, 15) is 0 Å². The molecule has 80 valence electrons.